The lowest BCUT2D eigenvalue weighted by Crippen LogP contribution is -2.15. The summed E-state index contributed by atoms with van der Waals surface area (Å²) in [5.41, 5.74) is 0. The molecule has 0 spiro atoms. The molecule has 1 heterocycles. The lowest BCUT2D eigenvalue weighted by molar-refractivity contribution is 0.376. The van der Waals surface area contributed by atoms with Gasteiger partial charge in [-0.2, -0.15) is 0 Å². The summed E-state index contributed by atoms with van der Waals surface area (Å²) in [6.45, 7) is 0. The first-order valence-electron chi connectivity index (χ1n) is 4.36. The van der Waals surface area contributed by atoms with E-state index in [2.05, 4.69) is 23.4 Å². The van der Waals surface area contributed by atoms with Gasteiger partial charge in [-0.1, -0.05) is 23.6 Å². The highest BCUT2D eigenvalue weighted by Crippen LogP contribution is 2.50. The second-order valence-corrected chi connectivity index (χ2v) is 6.65. The Morgan fingerprint density at radius 1 is 1.27 bits per heavy atom. The molecule has 0 aromatic carbocycles. The molecular formula is C8H14S3. The van der Waals surface area contributed by atoms with Crippen LogP contribution in [0.3, 0.4) is 0 Å². The number of rotatable bonds is 1. The third-order valence-electron chi connectivity index (χ3n) is 2.78. The average Bonchev–Trinajstić information content (AvgIpc) is 2.46. The summed E-state index contributed by atoms with van der Waals surface area (Å²) in [5, 5.41) is 0.994. The Bertz CT molecular complexity index is 123. The van der Waals surface area contributed by atoms with Crippen molar-refractivity contribution in [3.8, 4) is 0 Å². The average molecular weight is 206 g/mol. The quantitative estimate of drug-likeness (QED) is 0.514. The summed E-state index contributed by atoms with van der Waals surface area (Å²) in [6.07, 6.45) is 7.33. The van der Waals surface area contributed by atoms with Gasteiger partial charge in [0, 0.05) is 5.25 Å². The number of thioether (sulfide) groups is 1. The first-order chi connectivity index (χ1) is 5.40. The van der Waals surface area contributed by atoms with Crippen LogP contribution in [0.15, 0.2) is 0 Å². The Kier molecular flexibility index (Phi) is 3.02. The van der Waals surface area contributed by atoms with E-state index in [4.69, 9.17) is 0 Å². The fraction of sp³-hybridized carbons (Fsp3) is 1.00. The molecule has 0 radical (unpaired) electrons. The monoisotopic (exact) mass is 206 g/mol. The molecule has 1 saturated heterocycles. The van der Waals surface area contributed by atoms with Gasteiger partial charge in [-0.05, 0) is 25.2 Å². The Morgan fingerprint density at radius 2 is 2.09 bits per heavy atom. The van der Waals surface area contributed by atoms with Gasteiger partial charge in [-0.3, -0.25) is 0 Å². The highest BCUT2D eigenvalue weighted by atomic mass is 33.1. The Morgan fingerprint density at radius 3 is 2.82 bits per heavy atom. The SMILES string of the molecule is SSC1CC2CCCCC2S1. The van der Waals surface area contributed by atoms with Crippen LogP contribution in [0.1, 0.15) is 32.1 Å². The summed E-state index contributed by atoms with van der Waals surface area (Å²) < 4.78 is 0.798. The Hall–Kier alpha value is 1.05. The van der Waals surface area contributed by atoms with E-state index in [-0.39, 0.29) is 0 Å². The maximum atomic E-state index is 4.29. The number of hydrogen-bond acceptors (Lipinski definition) is 3. The molecule has 64 valence electrons. The van der Waals surface area contributed by atoms with E-state index in [1.807, 2.05) is 0 Å². The predicted molar refractivity (Wildman–Crippen MR) is 58.3 cm³/mol. The Balaban J connectivity index is 1.92. The zero-order chi connectivity index (χ0) is 7.68. The van der Waals surface area contributed by atoms with Gasteiger partial charge in [0.1, 0.15) is 0 Å². The van der Waals surface area contributed by atoms with Gasteiger partial charge in [0.05, 0.1) is 4.58 Å². The summed E-state index contributed by atoms with van der Waals surface area (Å²) in [7, 11) is 1.76. The van der Waals surface area contributed by atoms with Crippen molar-refractivity contribution in [1.82, 2.24) is 0 Å². The molecule has 2 fully saturated rings. The molecule has 0 N–H and O–H groups in total. The van der Waals surface area contributed by atoms with E-state index >= 15 is 0 Å². The van der Waals surface area contributed by atoms with Crippen molar-refractivity contribution in [2.45, 2.75) is 41.9 Å². The van der Waals surface area contributed by atoms with Crippen LogP contribution in [0, 0.1) is 5.92 Å². The smallest absolute Gasteiger partial charge is 0.0609 e. The first-order valence-corrected chi connectivity index (χ1v) is 7.23. The van der Waals surface area contributed by atoms with Crippen LogP contribution < -0.4 is 0 Å². The summed E-state index contributed by atoms with van der Waals surface area (Å²) in [6, 6.07) is 0. The summed E-state index contributed by atoms with van der Waals surface area (Å²) in [5.74, 6) is 1.04. The number of thiol groups is 1. The molecule has 0 amide bonds. The molecular weight excluding hydrogens is 192 g/mol. The first kappa shape index (κ1) is 8.64. The van der Waals surface area contributed by atoms with Crippen LogP contribution in [0.4, 0.5) is 0 Å². The van der Waals surface area contributed by atoms with Gasteiger partial charge in [-0.15, -0.1) is 23.4 Å². The zero-order valence-electron chi connectivity index (χ0n) is 6.53. The lowest BCUT2D eigenvalue weighted by Gasteiger charge is -2.23. The van der Waals surface area contributed by atoms with Crippen molar-refractivity contribution in [2.75, 3.05) is 0 Å². The predicted octanol–water partition coefficient (Wildman–Crippen LogP) is 3.59. The van der Waals surface area contributed by atoms with E-state index in [9.17, 15) is 0 Å². The van der Waals surface area contributed by atoms with Gasteiger partial charge in [0.15, 0.2) is 0 Å². The van der Waals surface area contributed by atoms with Crippen molar-refractivity contribution < 1.29 is 0 Å². The molecule has 2 aliphatic rings. The number of fused-ring (bicyclic) bond motifs is 1. The van der Waals surface area contributed by atoms with E-state index in [0.29, 0.717) is 0 Å². The standard InChI is InChI=1S/C8H14S3/c9-11-8-5-6-3-1-2-4-7(6)10-8/h6-9H,1-5H2. The van der Waals surface area contributed by atoms with Crippen LogP contribution in [0.2, 0.25) is 0 Å². The van der Waals surface area contributed by atoms with Gasteiger partial charge in [-0.25, -0.2) is 0 Å². The maximum absolute atomic E-state index is 4.29. The lowest BCUT2D eigenvalue weighted by atomic mass is 9.87. The van der Waals surface area contributed by atoms with E-state index < -0.39 is 0 Å². The molecule has 11 heavy (non-hydrogen) atoms. The molecule has 1 saturated carbocycles. The van der Waals surface area contributed by atoms with Gasteiger partial charge < -0.3 is 0 Å². The third kappa shape index (κ3) is 1.86. The number of hydrogen-bond donors (Lipinski definition) is 1. The van der Waals surface area contributed by atoms with Gasteiger partial charge in [0.25, 0.3) is 0 Å². The molecule has 2 rings (SSSR count). The molecule has 1 aliphatic carbocycles. The fourth-order valence-electron chi connectivity index (χ4n) is 2.19. The molecule has 0 nitrogen and oxygen atoms in total. The summed E-state index contributed by atoms with van der Waals surface area (Å²) in [4.78, 5) is 0. The Labute approximate surface area is 82.1 Å². The van der Waals surface area contributed by atoms with Crippen molar-refractivity contribution in [2.24, 2.45) is 5.92 Å². The second-order valence-electron chi connectivity index (χ2n) is 3.49. The van der Waals surface area contributed by atoms with Gasteiger partial charge >= 0.3 is 0 Å². The minimum atomic E-state index is 0.798. The minimum Gasteiger partial charge on any atom is -0.143 e. The molecule has 3 heteroatoms. The fourth-order valence-corrected chi connectivity index (χ4v) is 5.37. The topological polar surface area (TPSA) is 0 Å². The third-order valence-corrected chi connectivity index (χ3v) is 6.49. The van der Waals surface area contributed by atoms with Crippen molar-refractivity contribution >= 4 is 34.2 Å². The zero-order valence-corrected chi connectivity index (χ0v) is 9.06. The van der Waals surface area contributed by atoms with Crippen molar-refractivity contribution in [1.29, 1.82) is 0 Å². The largest absolute Gasteiger partial charge is 0.143 e. The van der Waals surface area contributed by atoms with E-state index in [0.717, 1.165) is 15.7 Å². The van der Waals surface area contributed by atoms with Crippen LogP contribution in [0.5, 0.6) is 0 Å². The van der Waals surface area contributed by atoms with Crippen LogP contribution in [-0.2, 0) is 0 Å². The van der Waals surface area contributed by atoms with E-state index in [1.165, 1.54) is 32.1 Å². The van der Waals surface area contributed by atoms with Crippen molar-refractivity contribution in [3.05, 3.63) is 0 Å². The van der Waals surface area contributed by atoms with Crippen LogP contribution in [0.25, 0.3) is 0 Å². The molecule has 3 unspecified atom stereocenters. The van der Waals surface area contributed by atoms with E-state index in [1.54, 1.807) is 10.8 Å². The molecule has 0 aromatic rings. The summed E-state index contributed by atoms with van der Waals surface area (Å²) >= 11 is 6.47. The molecule has 1 aliphatic heterocycles. The normalized spacial score (nSPS) is 43.9. The molecule has 0 aromatic heterocycles. The van der Waals surface area contributed by atoms with Crippen molar-refractivity contribution in [3.63, 3.8) is 0 Å². The minimum absolute atomic E-state index is 0.798. The molecule has 3 atom stereocenters. The maximum Gasteiger partial charge on any atom is 0.0609 e. The van der Waals surface area contributed by atoms with Gasteiger partial charge in [0.2, 0.25) is 0 Å². The van der Waals surface area contributed by atoms with Crippen LogP contribution >= 0.6 is 34.2 Å². The highest BCUT2D eigenvalue weighted by molar-refractivity contribution is 8.70. The second kappa shape index (κ2) is 3.84. The highest BCUT2D eigenvalue weighted by Gasteiger charge is 2.35. The van der Waals surface area contributed by atoms with Crippen LogP contribution in [-0.4, -0.2) is 9.83 Å². The molecule has 0 bridgehead atoms.